The van der Waals surface area contributed by atoms with Gasteiger partial charge < -0.3 is 24.4 Å². The summed E-state index contributed by atoms with van der Waals surface area (Å²) >= 11 is 0. The molecule has 2 aromatic rings. The van der Waals surface area contributed by atoms with Gasteiger partial charge in [0.05, 0.1) is 7.11 Å². The lowest BCUT2D eigenvalue weighted by atomic mass is 10.1. The molecule has 0 aromatic heterocycles. The number of aliphatic carboxylic acids is 1. The number of carbonyl (C=O) groups excluding carboxylic acids is 1. The first-order valence-electron chi connectivity index (χ1n) is 8.04. The largest absolute Gasteiger partial charge is 0.508 e. The number of aromatic hydroxyl groups is 1. The Kier molecular flexibility index (Phi) is 6.96. The van der Waals surface area contributed by atoms with Crippen LogP contribution in [0.2, 0.25) is 0 Å². The van der Waals surface area contributed by atoms with Crippen LogP contribution >= 0.6 is 0 Å². The molecule has 1 atom stereocenters. The molecule has 0 aliphatic rings. The van der Waals surface area contributed by atoms with Gasteiger partial charge in [-0.3, -0.25) is 0 Å². The molecule has 0 radical (unpaired) electrons. The normalized spacial score (nSPS) is 12.3. The van der Waals surface area contributed by atoms with Crippen molar-refractivity contribution in [3.05, 3.63) is 65.4 Å². The van der Waals surface area contributed by atoms with Crippen molar-refractivity contribution in [2.45, 2.75) is 12.5 Å². The molecule has 2 N–H and O–H groups in total. The quantitative estimate of drug-likeness (QED) is 0.318. The highest BCUT2D eigenvalue weighted by atomic mass is 16.6. The predicted molar refractivity (Wildman–Crippen MR) is 97.3 cm³/mol. The maximum absolute atomic E-state index is 12.3. The van der Waals surface area contributed by atoms with Crippen molar-refractivity contribution in [2.24, 2.45) is 0 Å². The van der Waals surface area contributed by atoms with E-state index in [9.17, 15) is 14.7 Å². The summed E-state index contributed by atoms with van der Waals surface area (Å²) in [4.78, 5) is 23.2. The van der Waals surface area contributed by atoms with Crippen LogP contribution in [0.5, 0.6) is 11.5 Å². The molecule has 0 fully saturated rings. The average molecular weight is 372 g/mol. The van der Waals surface area contributed by atoms with Crippen molar-refractivity contribution >= 4 is 18.0 Å². The summed E-state index contributed by atoms with van der Waals surface area (Å²) in [6.07, 6.45) is 0.753. The van der Waals surface area contributed by atoms with E-state index >= 15 is 0 Å². The number of carboxylic acids is 1. The lowest BCUT2D eigenvalue weighted by Gasteiger charge is -2.11. The number of carbonyl (C=O) groups is 2. The Morgan fingerprint density at radius 3 is 2.19 bits per heavy atom. The summed E-state index contributed by atoms with van der Waals surface area (Å²) < 4.78 is 15.2. The third-order valence-corrected chi connectivity index (χ3v) is 3.73. The molecule has 7 heteroatoms. The Labute approximate surface area is 156 Å². The summed E-state index contributed by atoms with van der Waals surface area (Å²) in [6.45, 7) is 0. The van der Waals surface area contributed by atoms with Gasteiger partial charge in [-0.05, 0) is 41.5 Å². The minimum atomic E-state index is -1.04. The zero-order valence-corrected chi connectivity index (χ0v) is 14.9. The molecule has 0 aliphatic heterocycles. The Morgan fingerprint density at radius 1 is 1.04 bits per heavy atom. The van der Waals surface area contributed by atoms with E-state index in [0.717, 1.165) is 5.56 Å². The van der Waals surface area contributed by atoms with Crippen LogP contribution in [0.25, 0.3) is 6.08 Å². The van der Waals surface area contributed by atoms with E-state index in [0.29, 0.717) is 11.3 Å². The molecule has 2 aromatic carbocycles. The maximum Gasteiger partial charge on any atom is 0.378 e. The topological polar surface area (TPSA) is 102 Å². The first-order chi connectivity index (χ1) is 12.9. The van der Waals surface area contributed by atoms with E-state index in [1.807, 2.05) is 0 Å². The van der Waals surface area contributed by atoms with Crippen LogP contribution in [-0.2, 0) is 25.5 Å². The monoisotopic (exact) mass is 372 g/mol. The van der Waals surface area contributed by atoms with Gasteiger partial charge in [0.1, 0.15) is 11.5 Å². The lowest BCUT2D eigenvalue weighted by molar-refractivity contribution is -0.148. The Bertz CT molecular complexity index is 807. The van der Waals surface area contributed by atoms with Crippen molar-refractivity contribution in [1.82, 2.24) is 0 Å². The SMILES string of the molecule is COC(=Cc1ccc(O)cc1)C(=O)Oc1ccc(CC(OC)C(=O)O)cc1. The number of esters is 1. The number of ether oxygens (including phenoxy) is 3. The Balaban J connectivity index is 2.05. The number of phenolic OH excluding ortho intramolecular Hbond substituents is 1. The summed E-state index contributed by atoms with van der Waals surface area (Å²) in [6, 6.07) is 12.7. The highest BCUT2D eigenvalue weighted by molar-refractivity contribution is 5.92. The standard InChI is InChI=1S/C20H20O7/c1-25-17(19(22)23)11-14-5-9-16(10-6-14)27-20(24)18(26-2)12-13-3-7-15(21)8-4-13/h3-10,12,17,21H,11H2,1-2H3,(H,22,23). The predicted octanol–water partition coefficient (Wildman–Crippen LogP) is 2.63. The van der Waals surface area contributed by atoms with Crippen LogP contribution in [0.15, 0.2) is 54.3 Å². The fraction of sp³-hybridized carbons (Fsp3) is 0.200. The molecule has 0 spiro atoms. The van der Waals surface area contributed by atoms with E-state index in [1.165, 1.54) is 32.4 Å². The van der Waals surface area contributed by atoms with Crippen LogP contribution in [0.3, 0.4) is 0 Å². The second-order valence-corrected chi connectivity index (χ2v) is 5.60. The summed E-state index contributed by atoms with van der Waals surface area (Å²) in [5, 5.41) is 18.3. The smallest absolute Gasteiger partial charge is 0.378 e. The van der Waals surface area contributed by atoms with E-state index < -0.39 is 18.0 Å². The molecule has 0 aliphatic carbocycles. The number of carboxylic acid groups (broad SMARTS) is 1. The summed E-state index contributed by atoms with van der Waals surface area (Å²) in [5.41, 5.74) is 1.40. The van der Waals surface area contributed by atoms with E-state index in [1.54, 1.807) is 36.4 Å². The zero-order valence-electron chi connectivity index (χ0n) is 14.9. The van der Waals surface area contributed by atoms with E-state index in [2.05, 4.69) is 0 Å². The molecule has 0 saturated carbocycles. The molecule has 2 rings (SSSR count). The van der Waals surface area contributed by atoms with Crippen molar-refractivity contribution in [2.75, 3.05) is 14.2 Å². The molecule has 142 valence electrons. The molecule has 0 amide bonds. The third-order valence-electron chi connectivity index (χ3n) is 3.73. The van der Waals surface area contributed by atoms with Crippen LogP contribution in [0.1, 0.15) is 11.1 Å². The number of hydrogen-bond acceptors (Lipinski definition) is 6. The minimum absolute atomic E-state index is 0.00455. The van der Waals surface area contributed by atoms with Crippen molar-refractivity contribution in [3.8, 4) is 11.5 Å². The molecular formula is C20H20O7. The number of hydrogen-bond donors (Lipinski definition) is 2. The van der Waals surface area contributed by atoms with Gasteiger partial charge in [-0.1, -0.05) is 24.3 Å². The van der Waals surface area contributed by atoms with Gasteiger partial charge in [0.25, 0.3) is 0 Å². The molecule has 7 nitrogen and oxygen atoms in total. The van der Waals surface area contributed by atoms with Crippen LogP contribution in [0, 0.1) is 0 Å². The summed E-state index contributed by atoms with van der Waals surface area (Å²) in [5.74, 6) is -1.32. The zero-order chi connectivity index (χ0) is 19.8. The van der Waals surface area contributed by atoms with Gasteiger partial charge in [-0.15, -0.1) is 0 Å². The number of rotatable bonds is 8. The van der Waals surface area contributed by atoms with Crippen LogP contribution in [0.4, 0.5) is 0 Å². The van der Waals surface area contributed by atoms with Gasteiger partial charge in [0.2, 0.25) is 5.76 Å². The average Bonchev–Trinajstić information content (AvgIpc) is 2.66. The van der Waals surface area contributed by atoms with Gasteiger partial charge >= 0.3 is 11.9 Å². The van der Waals surface area contributed by atoms with Gasteiger partial charge in [0, 0.05) is 13.5 Å². The van der Waals surface area contributed by atoms with Crippen molar-refractivity contribution < 1.29 is 34.0 Å². The van der Waals surface area contributed by atoms with Crippen LogP contribution < -0.4 is 4.74 Å². The first kappa shape index (κ1) is 20.0. The van der Waals surface area contributed by atoms with E-state index in [4.69, 9.17) is 19.3 Å². The number of methoxy groups -OCH3 is 2. The van der Waals surface area contributed by atoms with Crippen molar-refractivity contribution in [3.63, 3.8) is 0 Å². The minimum Gasteiger partial charge on any atom is -0.508 e. The molecule has 1 unspecified atom stereocenters. The highest BCUT2D eigenvalue weighted by Crippen LogP contribution is 2.18. The van der Waals surface area contributed by atoms with Crippen molar-refractivity contribution in [1.29, 1.82) is 0 Å². The van der Waals surface area contributed by atoms with E-state index in [-0.39, 0.29) is 17.9 Å². The summed E-state index contributed by atoms with van der Waals surface area (Å²) in [7, 11) is 2.69. The number of phenols is 1. The second-order valence-electron chi connectivity index (χ2n) is 5.60. The first-order valence-corrected chi connectivity index (χ1v) is 8.04. The van der Waals surface area contributed by atoms with Crippen LogP contribution in [-0.4, -0.2) is 42.5 Å². The Hall–Kier alpha value is -3.32. The van der Waals surface area contributed by atoms with Gasteiger partial charge in [-0.2, -0.15) is 0 Å². The molecule has 0 saturated heterocycles. The molecule has 27 heavy (non-hydrogen) atoms. The van der Waals surface area contributed by atoms with Gasteiger partial charge in [-0.25, -0.2) is 9.59 Å². The highest BCUT2D eigenvalue weighted by Gasteiger charge is 2.17. The number of benzene rings is 2. The lowest BCUT2D eigenvalue weighted by Crippen LogP contribution is -2.24. The molecular weight excluding hydrogens is 352 g/mol. The van der Waals surface area contributed by atoms with Gasteiger partial charge in [0.15, 0.2) is 6.10 Å². The maximum atomic E-state index is 12.3. The fourth-order valence-corrected chi connectivity index (χ4v) is 2.26. The third kappa shape index (κ3) is 5.86. The molecule has 0 heterocycles. The second kappa shape index (κ2) is 9.40. The fourth-order valence-electron chi connectivity index (χ4n) is 2.26. The Morgan fingerprint density at radius 2 is 1.67 bits per heavy atom. The molecule has 0 bridgehead atoms.